The maximum Gasteiger partial charge on any atom is 0.240 e. The third-order valence-corrected chi connectivity index (χ3v) is 5.34. The molecular weight excluding hydrogens is 392 g/mol. The molecule has 0 bridgehead atoms. The van der Waals surface area contributed by atoms with Crippen LogP contribution in [-0.2, 0) is 4.79 Å². The molecule has 0 atom stereocenters. The molecule has 2 aromatic carbocycles. The van der Waals surface area contributed by atoms with E-state index >= 15 is 0 Å². The van der Waals surface area contributed by atoms with Crippen LogP contribution in [0.15, 0.2) is 69.8 Å². The standard InChI is InChI=1S/C19H20N6OS2/c1-13(14-8-4-3-5-9-14)22-23-18-21-19(25-24-18)28-12-17(26)20-15-10-6-7-11-16(15)27-2/h3-11H,12H2,1-2H3,(H,20,26)(H2,21,23,24,25)/b22-13+. The van der Waals surface area contributed by atoms with Gasteiger partial charge in [0, 0.05) is 4.90 Å². The summed E-state index contributed by atoms with van der Waals surface area (Å²) in [6.07, 6.45) is 1.98. The van der Waals surface area contributed by atoms with Crippen LogP contribution in [0.3, 0.4) is 0 Å². The summed E-state index contributed by atoms with van der Waals surface area (Å²) >= 11 is 2.84. The molecule has 0 unspecified atom stereocenters. The first-order chi connectivity index (χ1) is 13.7. The smallest absolute Gasteiger partial charge is 0.240 e. The molecule has 0 aliphatic carbocycles. The fourth-order valence-corrected chi connectivity index (χ4v) is 3.46. The van der Waals surface area contributed by atoms with Gasteiger partial charge in [0.2, 0.25) is 17.0 Å². The lowest BCUT2D eigenvalue weighted by Crippen LogP contribution is -2.14. The Labute approximate surface area is 171 Å². The molecule has 0 fully saturated rings. The van der Waals surface area contributed by atoms with Gasteiger partial charge in [-0.2, -0.15) is 10.1 Å². The first kappa shape index (κ1) is 20.0. The third-order valence-electron chi connectivity index (χ3n) is 3.70. The first-order valence-corrected chi connectivity index (χ1v) is 10.7. The molecule has 1 aromatic heterocycles. The number of hydrogen-bond acceptors (Lipinski definition) is 7. The van der Waals surface area contributed by atoms with Crippen molar-refractivity contribution in [2.75, 3.05) is 22.8 Å². The van der Waals surface area contributed by atoms with E-state index in [1.807, 2.05) is 67.8 Å². The van der Waals surface area contributed by atoms with Crippen LogP contribution in [0, 0.1) is 0 Å². The van der Waals surface area contributed by atoms with Crippen LogP contribution in [0.4, 0.5) is 11.6 Å². The van der Waals surface area contributed by atoms with Gasteiger partial charge in [-0.1, -0.05) is 54.2 Å². The second-order valence-corrected chi connectivity index (χ2v) is 7.47. The van der Waals surface area contributed by atoms with E-state index in [4.69, 9.17) is 0 Å². The van der Waals surface area contributed by atoms with Gasteiger partial charge in [-0.3, -0.25) is 4.79 Å². The van der Waals surface area contributed by atoms with Gasteiger partial charge in [0.15, 0.2) is 0 Å². The van der Waals surface area contributed by atoms with E-state index < -0.39 is 0 Å². The Balaban J connectivity index is 1.51. The molecular formula is C19H20N6OS2. The molecule has 1 heterocycles. The molecule has 0 radical (unpaired) electrons. The number of rotatable bonds is 8. The summed E-state index contributed by atoms with van der Waals surface area (Å²) < 4.78 is 0. The average Bonchev–Trinajstić information content (AvgIpc) is 3.19. The predicted octanol–water partition coefficient (Wildman–Crippen LogP) is 4.09. The second-order valence-electron chi connectivity index (χ2n) is 5.68. The Kier molecular flexibility index (Phi) is 7.10. The number of anilines is 2. The number of thioether (sulfide) groups is 2. The minimum absolute atomic E-state index is 0.108. The van der Waals surface area contributed by atoms with Gasteiger partial charge in [-0.05, 0) is 30.9 Å². The van der Waals surface area contributed by atoms with E-state index in [1.54, 1.807) is 11.8 Å². The number of nitrogens with one attached hydrogen (secondary N) is 3. The molecule has 3 N–H and O–H groups in total. The summed E-state index contributed by atoms with van der Waals surface area (Å²) in [5.74, 6) is 0.529. The van der Waals surface area contributed by atoms with Gasteiger partial charge >= 0.3 is 0 Å². The summed E-state index contributed by atoms with van der Waals surface area (Å²) in [6.45, 7) is 1.91. The topological polar surface area (TPSA) is 95.1 Å². The van der Waals surface area contributed by atoms with Crippen molar-refractivity contribution in [1.29, 1.82) is 0 Å². The molecule has 0 aliphatic heterocycles. The van der Waals surface area contributed by atoms with Gasteiger partial charge in [-0.25, -0.2) is 10.5 Å². The highest BCUT2D eigenvalue weighted by Crippen LogP contribution is 2.25. The molecule has 9 heteroatoms. The summed E-state index contributed by atoms with van der Waals surface area (Å²) in [6, 6.07) is 17.5. The van der Waals surface area contributed by atoms with Crippen molar-refractivity contribution in [3.05, 3.63) is 60.2 Å². The molecule has 7 nitrogen and oxygen atoms in total. The number of carbonyl (C=O) groups excluding carboxylic acids is 1. The zero-order valence-corrected chi connectivity index (χ0v) is 17.1. The average molecular weight is 413 g/mol. The maximum absolute atomic E-state index is 12.2. The van der Waals surface area contributed by atoms with Crippen molar-refractivity contribution in [2.45, 2.75) is 17.0 Å². The Morgan fingerprint density at radius 2 is 1.89 bits per heavy atom. The van der Waals surface area contributed by atoms with Crippen LogP contribution in [0.25, 0.3) is 0 Å². The van der Waals surface area contributed by atoms with Gasteiger partial charge < -0.3 is 5.32 Å². The Bertz CT molecular complexity index is 958. The van der Waals surface area contributed by atoms with Crippen molar-refractivity contribution >= 4 is 46.8 Å². The minimum Gasteiger partial charge on any atom is -0.324 e. The van der Waals surface area contributed by atoms with E-state index in [-0.39, 0.29) is 11.7 Å². The number of hydrazone groups is 1. The number of hydrogen-bond donors (Lipinski definition) is 3. The summed E-state index contributed by atoms with van der Waals surface area (Å²) in [5.41, 5.74) is 5.51. The van der Waals surface area contributed by atoms with Gasteiger partial charge in [0.25, 0.3) is 0 Å². The Hall–Kier alpha value is -2.78. The SMILES string of the molecule is CSc1ccccc1NC(=O)CSc1n[nH]c(N/N=C(\C)c2ccccc2)n1. The highest BCUT2D eigenvalue weighted by atomic mass is 32.2. The van der Waals surface area contributed by atoms with Crippen LogP contribution in [0.5, 0.6) is 0 Å². The van der Waals surface area contributed by atoms with E-state index in [2.05, 4.69) is 31.0 Å². The van der Waals surface area contributed by atoms with Gasteiger partial charge in [-0.15, -0.1) is 16.9 Å². The predicted molar refractivity (Wildman–Crippen MR) is 116 cm³/mol. The van der Waals surface area contributed by atoms with Crippen molar-refractivity contribution in [3.8, 4) is 0 Å². The van der Waals surface area contributed by atoms with Crippen LogP contribution >= 0.6 is 23.5 Å². The second kappa shape index (κ2) is 9.95. The maximum atomic E-state index is 12.2. The fraction of sp³-hybridized carbons (Fsp3) is 0.158. The zero-order chi connectivity index (χ0) is 19.8. The van der Waals surface area contributed by atoms with E-state index in [0.717, 1.165) is 21.9 Å². The quantitative estimate of drug-likeness (QED) is 0.293. The summed E-state index contributed by atoms with van der Waals surface area (Å²) in [7, 11) is 0. The van der Waals surface area contributed by atoms with Gasteiger partial charge in [0.1, 0.15) is 0 Å². The molecule has 0 saturated carbocycles. The lowest BCUT2D eigenvalue weighted by atomic mass is 10.1. The number of amides is 1. The number of benzene rings is 2. The Morgan fingerprint density at radius 3 is 2.68 bits per heavy atom. The van der Waals surface area contributed by atoms with Crippen LogP contribution in [0.1, 0.15) is 12.5 Å². The van der Waals surface area contributed by atoms with Crippen molar-refractivity contribution in [1.82, 2.24) is 15.2 Å². The number of carbonyl (C=O) groups is 1. The highest BCUT2D eigenvalue weighted by Gasteiger charge is 2.09. The molecule has 0 aliphatic rings. The van der Waals surface area contributed by atoms with Crippen molar-refractivity contribution < 1.29 is 4.79 Å². The normalized spacial score (nSPS) is 11.3. The molecule has 144 valence electrons. The van der Waals surface area contributed by atoms with Gasteiger partial charge in [0.05, 0.1) is 17.2 Å². The lowest BCUT2D eigenvalue weighted by molar-refractivity contribution is -0.113. The van der Waals surface area contributed by atoms with Crippen LogP contribution in [0.2, 0.25) is 0 Å². The highest BCUT2D eigenvalue weighted by molar-refractivity contribution is 7.99. The largest absolute Gasteiger partial charge is 0.324 e. The molecule has 0 spiro atoms. The molecule has 3 aromatic rings. The van der Waals surface area contributed by atoms with Crippen LogP contribution < -0.4 is 10.7 Å². The van der Waals surface area contributed by atoms with E-state index in [9.17, 15) is 4.79 Å². The van der Waals surface area contributed by atoms with Crippen molar-refractivity contribution in [2.24, 2.45) is 5.10 Å². The number of aromatic nitrogens is 3. The number of aromatic amines is 1. The lowest BCUT2D eigenvalue weighted by Gasteiger charge is -2.08. The summed E-state index contributed by atoms with van der Waals surface area (Å²) in [5, 5.41) is 14.5. The van der Waals surface area contributed by atoms with Crippen LogP contribution in [-0.4, -0.2) is 38.8 Å². The number of nitrogens with zero attached hydrogens (tertiary/aromatic N) is 3. The Morgan fingerprint density at radius 1 is 1.14 bits per heavy atom. The zero-order valence-electron chi connectivity index (χ0n) is 15.5. The van der Waals surface area contributed by atoms with E-state index in [0.29, 0.717) is 11.1 Å². The monoisotopic (exact) mass is 412 g/mol. The molecule has 28 heavy (non-hydrogen) atoms. The van der Waals surface area contributed by atoms with E-state index in [1.165, 1.54) is 11.8 Å². The molecule has 3 rings (SSSR count). The third kappa shape index (κ3) is 5.61. The fourth-order valence-electron chi connectivity index (χ4n) is 2.31. The molecule has 1 amide bonds. The molecule has 0 saturated heterocycles. The summed E-state index contributed by atoms with van der Waals surface area (Å²) in [4.78, 5) is 17.5. The van der Waals surface area contributed by atoms with Crippen molar-refractivity contribution in [3.63, 3.8) is 0 Å². The minimum atomic E-state index is -0.108. The number of para-hydroxylation sites is 1. The first-order valence-electron chi connectivity index (χ1n) is 8.49. The number of H-pyrrole nitrogens is 1.